The Balaban J connectivity index is 2.01. The van der Waals surface area contributed by atoms with E-state index in [0.29, 0.717) is 5.92 Å². The number of fused-ring (bicyclic) bond motifs is 1. The maximum Gasteiger partial charge on any atom is 0.0702 e. The van der Waals surface area contributed by atoms with Crippen molar-refractivity contribution in [3.63, 3.8) is 0 Å². The molecule has 2 aromatic rings. The second kappa shape index (κ2) is 5.92. The van der Waals surface area contributed by atoms with Crippen molar-refractivity contribution in [3.8, 4) is 0 Å². The summed E-state index contributed by atoms with van der Waals surface area (Å²) in [5.74, 6) is 1.60. The zero-order chi connectivity index (χ0) is 14.1. The SMILES string of the molecule is CCn1ncc(Br)c1C(NC)C1CSc2ccccc21. The molecule has 1 aromatic heterocycles. The van der Waals surface area contributed by atoms with Crippen molar-refractivity contribution in [3.05, 3.63) is 46.2 Å². The molecule has 0 aliphatic carbocycles. The minimum absolute atomic E-state index is 0.281. The summed E-state index contributed by atoms with van der Waals surface area (Å²) in [7, 11) is 2.04. The van der Waals surface area contributed by atoms with Crippen LogP contribution >= 0.6 is 27.7 Å². The number of benzene rings is 1. The van der Waals surface area contributed by atoms with Crippen molar-refractivity contribution in [2.45, 2.75) is 30.3 Å². The van der Waals surface area contributed by atoms with Crippen LogP contribution in [0.5, 0.6) is 0 Å². The van der Waals surface area contributed by atoms with E-state index in [0.717, 1.165) is 16.8 Å². The van der Waals surface area contributed by atoms with E-state index in [4.69, 9.17) is 0 Å². The van der Waals surface area contributed by atoms with Crippen molar-refractivity contribution >= 4 is 27.7 Å². The Bertz CT molecular complexity index is 611. The van der Waals surface area contributed by atoms with Gasteiger partial charge in [-0.15, -0.1) is 11.8 Å². The summed E-state index contributed by atoms with van der Waals surface area (Å²) < 4.78 is 3.17. The first-order valence-corrected chi connectivity index (χ1v) is 8.64. The topological polar surface area (TPSA) is 29.9 Å². The number of halogens is 1. The molecule has 0 saturated carbocycles. The molecule has 1 aromatic carbocycles. The molecule has 5 heteroatoms. The highest BCUT2D eigenvalue weighted by Gasteiger charge is 2.33. The highest BCUT2D eigenvalue weighted by Crippen LogP contribution is 2.46. The molecule has 3 rings (SSSR count). The first kappa shape index (κ1) is 14.2. The zero-order valence-corrected chi connectivity index (χ0v) is 14.0. The molecule has 0 spiro atoms. The van der Waals surface area contributed by atoms with Gasteiger partial charge in [0.1, 0.15) is 0 Å². The van der Waals surface area contributed by atoms with Gasteiger partial charge in [0.05, 0.1) is 22.4 Å². The Labute approximate surface area is 132 Å². The molecule has 20 heavy (non-hydrogen) atoms. The van der Waals surface area contributed by atoms with Crippen LogP contribution in [0.25, 0.3) is 0 Å². The van der Waals surface area contributed by atoms with E-state index in [1.54, 1.807) is 0 Å². The van der Waals surface area contributed by atoms with Crippen molar-refractivity contribution in [2.75, 3.05) is 12.8 Å². The second-order valence-electron chi connectivity index (χ2n) is 4.92. The predicted octanol–water partition coefficient (Wildman–Crippen LogP) is 3.82. The van der Waals surface area contributed by atoms with Gasteiger partial charge in [-0.1, -0.05) is 18.2 Å². The summed E-state index contributed by atoms with van der Waals surface area (Å²) in [5.41, 5.74) is 2.70. The monoisotopic (exact) mass is 351 g/mol. The van der Waals surface area contributed by atoms with Gasteiger partial charge in [-0.2, -0.15) is 5.10 Å². The van der Waals surface area contributed by atoms with E-state index in [2.05, 4.69) is 62.2 Å². The fraction of sp³-hybridized carbons (Fsp3) is 0.400. The van der Waals surface area contributed by atoms with Crippen LogP contribution in [-0.2, 0) is 6.54 Å². The van der Waals surface area contributed by atoms with Crippen LogP contribution < -0.4 is 5.32 Å². The number of hydrogen-bond acceptors (Lipinski definition) is 3. The first-order chi connectivity index (χ1) is 9.76. The Hall–Kier alpha value is -0.780. The number of hydrogen-bond donors (Lipinski definition) is 1. The lowest BCUT2D eigenvalue weighted by Gasteiger charge is -2.25. The molecule has 0 bridgehead atoms. The third kappa shape index (κ3) is 2.32. The van der Waals surface area contributed by atoms with Gasteiger partial charge in [0.15, 0.2) is 0 Å². The molecular weight excluding hydrogens is 334 g/mol. The number of aromatic nitrogens is 2. The normalized spacial score (nSPS) is 19.1. The van der Waals surface area contributed by atoms with Gasteiger partial charge in [-0.3, -0.25) is 4.68 Å². The third-order valence-corrected chi connectivity index (χ3v) is 5.70. The number of likely N-dealkylation sites (N-methyl/N-ethyl adjacent to an activating group) is 1. The molecule has 2 unspecified atom stereocenters. The van der Waals surface area contributed by atoms with Crippen LogP contribution in [0, 0.1) is 0 Å². The van der Waals surface area contributed by atoms with E-state index >= 15 is 0 Å². The van der Waals surface area contributed by atoms with Crippen LogP contribution in [0.4, 0.5) is 0 Å². The average Bonchev–Trinajstić information content (AvgIpc) is 3.06. The third-order valence-electron chi connectivity index (χ3n) is 3.88. The maximum atomic E-state index is 4.45. The smallest absolute Gasteiger partial charge is 0.0702 e. The standard InChI is InChI=1S/C15H18BrN3S/c1-3-19-15(12(16)8-18-19)14(17-2)11-9-20-13-7-5-4-6-10(11)13/h4-8,11,14,17H,3,9H2,1-2H3. The Morgan fingerprint density at radius 3 is 3.05 bits per heavy atom. The van der Waals surface area contributed by atoms with Crippen molar-refractivity contribution in [2.24, 2.45) is 0 Å². The van der Waals surface area contributed by atoms with E-state index in [1.807, 2.05) is 25.0 Å². The van der Waals surface area contributed by atoms with Gasteiger partial charge in [0.2, 0.25) is 0 Å². The molecular formula is C15H18BrN3S. The molecule has 1 aliphatic heterocycles. The highest BCUT2D eigenvalue weighted by atomic mass is 79.9. The van der Waals surface area contributed by atoms with Crippen LogP contribution in [0.2, 0.25) is 0 Å². The number of nitrogens with zero attached hydrogens (tertiary/aromatic N) is 2. The Morgan fingerprint density at radius 1 is 1.50 bits per heavy atom. The van der Waals surface area contributed by atoms with Gasteiger partial charge in [0.25, 0.3) is 0 Å². The molecule has 1 N–H and O–H groups in total. The molecule has 2 heterocycles. The van der Waals surface area contributed by atoms with Crippen molar-refractivity contribution < 1.29 is 0 Å². The fourth-order valence-corrected chi connectivity index (χ4v) is 4.76. The number of aryl methyl sites for hydroxylation is 1. The predicted molar refractivity (Wildman–Crippen MR) is 87.3 cm³/mol. The van der Waals surface area contributed by atoms with Crippen LogP contribution in [0.1, 0.15) is 30.1 Å². The lowest BCUT2D eigenvalue weighted by atomic mass is 9.91. The van der Waals surface area contributed by atoms with Gasteiger partial charge in [-0.25, -0.2) is 0 Å². The zero-order valence-electron chi connectivity index (χ0n) is 11.6. The largest absolute Gasteiger partial charge is 0.311 e. The van der Waals surface area contributed by atoms with Crippen LogP contribution in [-0.4, -0.2) is 22.6 Å². The fourth-order valence-electron chi connectivity index (χ4n) is 2.92. The van der Waals surface area contributed by atoms with E-state index in [1.165, 1.54) is 16.2 Å². The molecule has 1 aliphatic rings. The first-order valence-electron chi connectivity index (χ1n) is 6.86. The quantitative estimate of drug-likeness (QED) is 0.907. The molecule has 0 amide bonds. The summed E-state index contributed by atoms with van der Waals surface area (Å²) >= 11 is 5.61. The molecule has 0 radical (unpaired) electrons. The van der Waals surface area contributed by atoms with Crippen LogP contribution in [0.3, 0.4) is 0 Å². The molecule has 2 atom stereocenters. The van der Waals surface area contributed by atoms with Crippen molar-refractivity contribution in [1.29, 1.82) is 0 Å². The van der Waals surface area contributed by atoms with E-state index < -0.39 is 0 Å². The highest BCUT2D eigenvalue weighted by molar-refractivity contribution is 9.10. The number of thioether (sulfide) groups is 1. The summed E-state index contributed by atoms with van der Waals surface area (Å²) in [6.07, 6.45) is 1.90. The summed E-state index contributed by atoms with van der Waals surface area (Å²) in [4.78, 5) is 1.41. The summed E-state index contributed by atoms with van der Waals surface area (Å²) in [5, 5.41) is 7.95. The summed E-state index contributed by atoms with van der Waals surface area (Å²) in [6, 6.07) is 9.01. The minimum atomic E-state index is 0.281. The van der Waals surface area contributed by atoms with E-state index in [9.17, 15) is 0 Å². The molecule has 106 valence electrons. The lowest BCUT2D eigenvalue weighted by Crippen LogP contribution is -2.27. The lowest BCUT2D eigenvalue weighted by molar-refractivity contribution is 0.462. The average molecular weight is 352 g/mol. The second-order valence-corrected chi connectivity index (χ2v) is 6.83. The van der Waals surface area contributed by atoms with Gasteiger partial charge < -0.3 is 5.32 Å². The number of rotatable bonds is 4. The van der Waals surface area contributed by atoms with Crippen molar-refractivity contribution in [1.82, 2.24) is 15.1 Å². The Kier molecular flexibility index (Phi) is 4.19. The maximum absolute atomic E-state index is 4.45. The van der Waals surface area contributed by atoms with E-state index in [-0.39, 0.29) is 6.04 Å². The summed E-state index contributed by atoms with van der Waals surface area (Å²) in [6.45, 7) is 3.02. The Morgan fingerprint density at radius 2 is 2.30 bits per heavy atom. The van der Waals surface area contributed by atoms with Crippen LogP contribution in [0.15, 0.2) is 39.8 Å². The minimum Gasteiger partial charge on any atom is -0.311 e. The number of nitrogens with one attached hydrogen (secondary N) is 1. The van der Waals surface area contributed by atoms with Gasteiger partial charge in [-0.05, 0) is 41.5 Å². The van der Waals surface area contributed by atoms with Gasteiger partial charge in [0, 0.05) is 23.1 Å². The van der Waals surface area contributed by atoms with Gasteiger partial charge >= 0.3 is 0 Å². The molecule has 0 fully saturated rings. The molecule has 3 nitrogen and oxygen atoms in total. The molecule has 0 saturated heterocycles.